The van der Waals surface area contributed by atoms with Gasteiger partial charge in [-0.05, 0) is 53.5 Å². The molecule has 4 rings (SSSR count). The van der Waals surface area contributed by atoms with Crippen molar-refractivity contribution in [2.45, 2.75) is 24.6 Å². The lowest BCUT2D eigenvalue weighted by atomic mass is 9.94. The van der Waals surface area contributed by atoms with Crippen LogP contribution in [0.4, 0.5) is 0 Å². The van der Waals surface area contributed by atoms with E-state index in [1.54, 1.807) is 6.07 Å². The number of carbonyl (C=O) groups is 1. The minimum Gasteiger partial charge on any atom is -0.465 e. The molecule has 2 N–H and O–H groups in total. The number of thioether (sulfide) groups is 1. The summed E-state index contributed by atoms with van der Waals surface area (Å²) in [6.07, 6.45) is 6.59. The largest absolute Gasteiger partial charge is 0.465 e. The van der Waals surface area contributed by atoms with Gasteiger partial charge in [-0.25, -0.2) is 4.79 Å². The Kier molecular flexibility index (Phi) is 6.37. The molecule has 0 spiro atoms. The van der Waals surface area contributed by atoms with Crippen LogP contribution in [0, 0.1) is 0 Å². The molecule has 0 saturated carbocycles. The molecule has 0 radical (unpaired) electrons. The van der Waals surface area contributed by atoms with Crippen molar-refractivity contribution in [3.63, 3.8) is 0 Å². The fourth-order valence-corrected chi connectivity index (χ4v) is 4.87. The Balaban J connectivity index is 1.31. The molecule has 150 valence electrons. The number of nitrogens with one attached hydrogen (secondary N) is 2. The predicted molar refractivity (Wildman–Crippen MR) is 121 cm³/mol. The van der Waals surface area contributed by atoms with Crippen molar-refractivity contribution in [3.05, 3.63) is 77.5 Å². The molecular weight excluding hydrogens is 380 g/mol. The lowest BCUT2D eigenvalue weighted by Gasteiger charge is -2.24. The molecule has 1 aliphatic rings. The highest BCUT2D eigenvalue weighted by Gasteiger charge is 2.16. The second-order valence-corrected chi connectivity index (χ2v) is 8.42. The van der Waals surface area contributed by atoms with Crippen LogP contribution in [-0.4, -0.2) is 36.4 Å². The van der Waals surface area contributed by atoms with Gasteiger partial charge in [0.2, 0.25) is 0 Å². The summed E-state index contributed by atoms with van der Waals surface area (Å²) in [5.74, 6) is 1.74. The van der Waals surface area contributed by atoms with Crippen LogP contribution < -0.4 is 5.32 Å². The van der Waals surface area contributed by atoms with E-state index < -0.39 is 0 Å². The average Bonchev–Trinajstić information content (AvgIpc) is 3.19. The Morgan fingerprint density at radius 1 is 1.21 bits per heavy atom. The zero-order valence-corrected chi connectivity index (χ0v) is 17.4. The van der Waals surface area contributed by atoms with Gasteiger partial charge in [-0.2, -0.15) is 11.8 Å². The third kappa shape index (κ3) is 4.74. The number of ether oxygens (including phenoxy) is 1. The third-order valence-electron chi connectivity index (χ3n) is 5.42. The lowest BCUT2D eigenvalue weighted by molar-refractivity contribution is 0.0601. The molecule has 1 aromatic heterocycles. The van der Waals surface area contributed by atoms with E-state index in [1.165, 1.54) is 23.8 Å². The van der Waals surface area contributed by atoms with Crippen molar-refractivity contribution in [2.24, 2.45) is 0 Å². The smallest absolute Gasteiger partial charge is 0.337 e. The SMILES string of the molecule is COC(=O)c1ccc2[nH]cc(CSCC[C@@H]3CC(c4ccccc4)=CCN3)c2c1. The molecule has 5 heteroatoms. The van der Waals surface area contributed by atoms with Crippen LogP contribution in [-0.2, 0) is 10.5 Å². The Bertz CT molecular complexity index is 1010. The Morgan fingerprint density at radius 2 is 2.07 bits per heavy atom. The number of H-pyrrole nitrogens is 1. The van der Waals surface area contributed by atoms with Gasteiger partial charge in [0.1, 0.15) is 0 Å². The molecule has 0 unspecified atom stereocenters. The number of fused-ring (bicyclic) bond motifs is 1. The first-order valence-corrected chi connectivity index (χ1v) is 11.1. The van der Waals surface area contributed by atoms with Crippen molar-refractivity contribution < 1.29 is 9.53 Å². The molecule has 4 nitrogen and oxygen atoms in total. The zero-order valence-electron chi connectivity index (χ0n) is 16.6. The minimum absolute atomic E-state index is 0.294. The van der Waals surface area contributed by atoms with E-state index in [1.807, 2.05) is 30.1 Å². The Hall–Kier alpha value is -2.50. The summed E-state index contributed by atoms with van der Waals surface area (Å²) in [5, 5.41) is 4.72. The van der Waals surface area contributed by atoms with Crippen LogP contribution in [0.1, 0.15) is 34.3 Å². The minimum atomic E-state index is -0.294. The molecule has 0 bridgehead atoms. The van der Waals surface area contributed by atoms with Gasteiger partial charge in [0.05, 0.1) is 12.7 Å². The molecule has 0 fully saturated rings. The highest BCUT2D eigenvalue weighted by Crippen LogP contribution is 2.27. The van der Waals surface area contributed by atoms with Crippen LogP contribution in [0.3, 0.4) is 0 Å². The fourth-order valence-electron chi connectivity index (χ4n) is 3.81. The van der Waals surface area contributed by atoms with Gasteiger partial charge in [0.25, 0.3) is 0 Å². The number of aromatic nitrogens is 1. The van der Waals surface area contributed by atoms with Crippen molar-refractivity contribution in [2.75, 3.05) is 19.4 Å². The standard InChI is InChI=1S/C24H26N2O2S/c1-28-24(27)19-7-8-23-22(14-19)20(15-26-23)16-29-12-10-21-13-18(9-11-25-21)17-5-3-2-4-6-17/h2-9,14-15,21,25-26H,10-13,16H2,1H3/t21-/m1/s1. The summed E-state index contributed by atoms with van der Waals surface area (Å²) in [5.41, 5.74) is 5.67. The first-order valence-electron chi connectivity index (χ1n) is 9.98. The van der Waals surface area contributed by atoms with Crippen LogP contribution in [0.25, 0.3) is 16.5 Å². The van der Waals surface area contributed by atoms with Crippen LogP contribution in [0.5, 0.6) is 0 Å². The quantitative estimate of drug-likeness (QED) is 0.427. The summed E-state index contributed by atoms with van der Waals surface area (Å²) in [4.78, 5) is 15.1. The molecule has 2 heterocycles. The second-order valence-electron chi connectivity index (χ2n) is 7.31. The summed E-state index contributed by atoms with van der Waals surface area (Å²) in [6, 6.07) is 16.9. The predicted octanol–water partition coefficient (Wildman–Crippen LogP) is 5.02. The Labute approximate surface area is 175 Å². The number of rotatable bonds is 7. The highest BCUT2D eigenvalue weighted by molar-refractivity contribution is 7.98. The number of benzene rings is 2. The monoisotopic (exact) mass is 406 g/mol. The second kappa shape index (κ2) is 9.33. The van der Waals surface area contributed by atoms with Gasteiger partial charge in [-0.3, -0.25) is 0 Å². The van der Waals surface area contributed by atoms with Gasteiger partial charge in [-0.1, -0.05) is 36.4 Å². The van der Waals surface area contributed by atoms with E-state index >= 15 is 0 Å². The number of hydrogen-bond acceptors (Lipinski definition) is 4. The highest BCUT2D eigenvalue weighted by atomic mass is 32.2. The first-order chi connectivity index (χ1) is 14.2. The molecular formula is C24H26N2O2S. The van der Waals surface area contributed by atoms with Crippen LogP contribution in [0.15, 0.2) is 60.8 Å². The van der Waals surface area contributed by atoms with E-state index in [9.17, 15) is 4.79 Å². The number of carbonyl (C=O) groups excluding carboxylic acids is 1. The summed E-state index contributed by atoms with van der Waals surface area (Å²) in [7, 11) is 1.41. The first kappa shape index (κ1) is 19.8. The number of methoxy groups -OCH3 is 1. The normalized spacial score (nSPS) is 16.6. The van der Waals surface area contributed by atoms with Crippen molar-refractivity contribution in [1.29, 1.82) is 0 Å². The maximum Gasteiger partial charge on any atom is 0.337 e. The van der Waals surface area contributed by atoms with Crippen molar-refractivity contribution in [1.82, 2.24) is 10.3 Å². The van der Waals surface area contributed by atoms with E-state index in [-0.39, 0.29) is 5.97 Å². The molecule has 0 saturated heterocycles. The zero-order chi connectivity index (χ0) is 20.1. The summed E-state index contributed by atoms with van der Waals surface area (Å²) in [6.45, 7) is 0.943. The molecule has 3 aromatic rings. The topological polar surface area (TPSA) is 54.1 Å². The van der Waals surface area contributed by atoms with Gasteiger partial charge >= 0.3 is 5.97 Å². The summed E-state index contributed by atoms with van der Waals surface area (Å²) >= 11 is 1.94. The van der Waals surface area contributed by atoms with E-state index in [2.05, 4.69) is 46.7 Å². The van der Waals surface area contributed by atoms with Crippen LogP contribution >= 0.6 is 11.8 Å². The van der Waals surface area contributed by atoms with Crippen molar-refractivity contribution in [3.8, 4) is 0 Å². The van der Waals surface area contributed by atoms with Gasteiger partial charge in [-0.15, -0.1) is 0 Å². The molecule has 1 aliphatic heterocycles. The number of esters is 1. The third-order valence-corrected chi connectivity index (χ3v) is 6.46. The maximum absolute atomic E-state index is 11.8. The summed E-state index contributed by atoms with van der Waals surface area (Å²) < 4.78 is 4.84. The molecule has 0 amide bonds. The molecule has 29 heavy (non-hydrogen) atoms. The molecule has 0 aliphatic carbocycles. The maximum atomic E-state index is 11.8. The lowest BCUT2D eigenvalue weighted by Crippen LogP contribution is -2.33. The van der Waals surface area contributed by atoms with Crippen molar-refractivity contribution >= 4 is 34.2 Å². The fraction of sp³-hybridized carbons (Fsp3) is 0.292. The number of aromatic amines is 1. The van der Waals surface area contributed by atoms with E-state index in [0.717, 1.165) is 41.8 Å². The molecule has 2 aromatic carbocycles. The van der Waals surface area contributed by atoms with Gasteiger partial charge in [0, 0.05) is 35.4 Å². The van der Waals surface area contributed by atoms with Gasteiger partial charge in [0.15, 0.2) is 0 Å². The average molecular weight is 407 g/mol. The number of hydrogen-bond donors (Lipinski definition) is 2. The van der Waals surface area contributed by atoms with Gasteiger partial charge < -0.3 is 15.0 Å². The van der Waals surface area contributed by atoms with Crippen LogP contribution in [0.2, 0.25) is 0 Å². The molecule has 1 atom stereocenters. The Morgan fingerprint density at radius 3 is 2.90 bits per heavy atom. The van der Waals surface area contributed by atoms with E-state index in [0.29, 0.717) is 11.6 Å². The van der Waals surface area contributed by atoms with E-state index in [4.69, 9.17) is 4.74 Å².